The number of hydrogen-bond acceptors (Lipinski definition) is 4. The Morgan fingerprint density at radius 3 is 2.63 bits per heavy atom. The monoisotopic (exact) mass is 604 g/mol. The van der Waals surface area contributed by atoms with Gasteiger partial charge in [0.2, 0.25) is 0 Å². The third-order valence-corrected chi connectivity index (χ3v) is 10.9. The third kappa shape index (κ3) is 5.63. The molecule has 5 nitrogen and oxygen atoms in total. The van der Waals surface area contributed by atoms with Gasteiger partial charge in [0.05, 0.1) is 12.3 Å². The normalized spacial score (nSPS) is 28.6. The van der Waals surface area contributed by atoms with Crippen LogP contribution < -0.4 is 10.1 Å². The Kier molecular flexibility index (Phi) is 8.18. The number of aromatic nitrogens is 1. The van der Waals surface area contributed by atoms with Gasteiger partial charge in [0, 0.05) is 22.5 Å². The molecule has 0 radical (unpaired) electrons. The third-order valence-electron chi connectivity index (χ3n) is 10.6. The zero-order valence-electron chi connectivity index (χ0n) is 25.3. The van der Waals surface area contributed by atoms with E-state index in [1.165, 1.54) is 16.8 Å². The van der Waals surface area contributed by atoms with Crippen LogP contribution in [0.3, 0.4) is 0 Å². The fourth-order valence-electron chi connectivity index (χ4n) is 8.29. The van der Waals surface area contributed by atoms with E-state index < -0.39 is 11.5 Å². The second-order valence-electron chi connectivity index (χ2n) is 13.5. The van der Waals surface area contributed by atoms with Gasteiger partial charge in [-0.05, 0) is 128 Å². The Balaban J connectivity index is 1.21. The van der Waals surface area contributed by atoms with E-state index in [1.54, 1.807) is 24.3 Å². The summed E-state index contributed by atoms with van der Waals surface area (Å²) in [6.07, 6.45) is 8.31. The summed E-state index contributed by atoms with van der Waals surface area (Å²) in [6, 6.07) is 14.5. The zero-order valence-corrected chi connectivity index (χ0v) is 26.1. The Bertz CT molecular complexity index is 1500. The molecular weight excluding hydrogens is 563 g/mol. The number of carboxylic acids is 1. The predicted octanol–water partition coefficient (Wildman–Crippen LogP) is 8.90. The van der Waals surface area contributed by atoms with E-state index in [1.807, 2.05) is 30.5 Å². The number of ether oxygens (including phenoxy) is 1. The summed E-state index contributed by atoms with van der Waals surface area (Å²) in [5.74, 6) is 1.34. The van der Waals surface area contributed by atoms with E-state index in [-0.39, 0.29) is 23.1 Å². The van der Waals surface area contributed by atoms with Crippen LogP contribution in [0.15, 0.2) is 54.7 Å². The van der Waals surface area contributed by atoms with Crippen molar-refractivity contribution in [1.29, 1.82) is 0 Å². The van der Waals surface area contributed by atoms with E-state index >= 15 is 0 Å². The van der Waals surface area contributed by atoms with Gasteiger partial charge in [-0.2, -0.15) is 0 Å². The average Bonchev–Trinajstić information content (AvgIpc) is 3.26. The number of carbonyl (C=O) groups is 1. The topological polar surface area (TPSA) is 71.5 Å². The van der Waals surface area contributed by atoms with E-state index in [9.17, 15) is 14.3 Å². The maximum Gasteiger partial charge on any atom is 0.329 e. The van der Waals surface area contributed by atoms with E-state index in [2.05, 4.69) is 26.1 Å². The van der Waals surface area contributed by atoms with Crippen molar-refractivity contribution in [3.63, 3.8) is 0 Å². The standard InChI is InChI=1S/C36H42ClFN2O3/c1-22(21-43-31-11-16-39-33-24(3)8-7-23(2)32(31)33)17-26-18-25-19-28(38)9-10-30(25)35(26)12-14-36(15-13-35,34(41)42)40-29-6-4-5-27(37)20-29/h4-6,9-11,16,19-20,22-24,26,40H,7-8,12-15,17-18,21H2,1-3H3,(H,41,42)/t22-,23-,24-,26+,35?,36?/m1/s1. The molecule has 1 fully saturated rings. The van der Waals surface area contributed by atoms with Gasteiger partial charge in [0.25, 0.3) is 0 Å². The summed E-state index contributed by atoms with van der Waals surface area (Å²) in [7, 11) is 0. The van der Waals surface area contributed by atoms with Crippen LogP contribution in [0, 0.1) is 17.7 Å². The van der Waals surface area contributed by atoms with E-state index in [0.29, 0.717) is 42.0 Å². The van der Waals surface area contributed by atoms with Crippen LogP contribution in [0.5, 0.6) is 5.75 Å². The largest absolute Gasteiger partial charge is 0.493 e. The number of hydrogen-bond donors (Lipinski definition) is 2. The number of nitrogens with one attached hydrogen (secondary N) is 1. The summed E-state index contributed by atoms with van der Waals surface area (Å²) < 4.78 is 20.9. The second-order valence-corrected chi connectivity index (χ2v) is 14.0. The fraction of sp³-hybridized carbons (Fsp3) is 0.500. The molecule has 7 heteroatoms. The second kappa shape index (κ2) is 11.8. The first-order valence-corrected chi connectivity index (χ1v) is 16.2. The van der Waals surface area contributed by atoms with Crippen LogP contribution in [0.4, 0.5) is 10.1 Å². The highest BCUT2D eigenvalue weighted by atomic mass is 35.5. The highest BCUT2D eigenvalue weighted by Gasteiger charge is 2.54. The minimum Gasteiger partial charge on any atom is -0.493 e. The molecule has 1 aromatic heterocycles. The van der Waals surface area contributed by atoms with Gasteiger partial charge in [0.15, 0.2) is 0 Å². The minimum atomic E-state index is -1.08. The van der Waals surface area contributed by atoms with Crippen molar-refractivity contribution < 1.29 is 19.0 Å². The highest BCUT2D eigenvalue weighted by Crippen LogP contribution is 2.56. The molecule has 1 spiro atoms. The molecule has 0 amide bonds. The van der Waals surface area contributed by atoms with Crippen LogP contribution in [0.25, 0.3) is 0 Å². The Hall–Kier alpha value is -3.12. The lowest BCUT2D eigenvalue weighted by Gasteiger charge is -2.47. The van der Waals surface area contributed by atoms with E-state index in [4.69, 9.17) is 21.3 Å². The van der Waals surface area contributed by atoms with Gasteiger partial charge in [-0.3, -0.25) is 4.98 Å². The number of rotatable bonds is 8. The van der Waals surface area contributed by atoms with Crippen molar-refractivity contribution in [1.82, 2.24) is 4.98 Å². The lowest BCUT2D eigenvalue weighted by atomic mass is 9.59. The first-order chi connectivity index (χ1) is 20.6. The number of fused-ring (bicyclic) bond motifs is 3. The van der Waals surface area contributed by atoms with Crippen LogP contribution in [0.1, 0.15) is 99.9 Å². The number of benzene rings is 2. The molecule has 0 unspecified atom stereocenters. The van der Waals surface area contributed by atoms with E-state index in [0.717, 1.165) is 49.8 Å². The Morgan fingerprint density at radius 2 is 1.88 bits per heavy atom. The molecule has 2 aromatic carbocycles. The Morgan fingerprint density at radius 1 is 1.12 bits per heavy atom. The SMILES string of the molecule is C[C@@H](COc1ccnc2c1[C@H](C)CC[C@H]2C)C[C@H]1Cc2cc(F)ccc2C12CCC(Nc1cccc(Cl)c1)(C(=O)O)CC2. The Labute approximate surface area is 259 Å². The van der Waals surface area contributed by atoms with Crippen molar-refractivity contribution in [2.45, 2.75) is 94.9 Å². The molecular formula is C36H42ClFN2O3. The fourth-order valence-corrected chi connectivity index (χ4v) is 8.48. The molecule has 1 saturated carbocycles. The molecule has 228 valence electrons. The van der Waals surface area contributed by atoms with Gasteiger partial charge in [0.1, 0.15) is 17.1 Å². The number of halogens is 2. The minimum absolute atomic E-state index is 0.188. The molecule has 6 rings (SSSR count). The van der Waals surface area contributed by atoms with Crippen molar-refractivity contribution in [3.05, 3.63) is 88.0 Å². The zero-order chi connectivity index (χ0) is 30.4. The number of aliphatic carboxylic acids is 1. The molecule has 43 heavy (non-hydrogen) atoms. The maximum atomic E-state index is 14.4. The van der Waals surface area contributed by atoms with Crippen LogP contribution >= 0.6 is 11.6 Å². The van der Waals surface area contributed by atoms with Crippen molar-refractivity contribution in [2.75, 3.05) is 11.9 Å². The predicted molar refractivity (Wildman–Crippen MR) is 169 cm³/mol. The molecule has 3 aliphatic carbocycles. The van der Waals surface area contributed by atoms with Crippen LogP contribution in [-0.4, -0.2) is 28.2 Å². The molecule has 3 aromatic rings. The summed E-state index contributed by atoms with van der Waals surface area (Å²) in [5.41, 5.74) is 4.14. The molecule has 4 atom stereocenters. The summed E-state index contributed by atoms with van der Waals surface area (Å²) in [5, 5.41) is 14.3. The van der Waals surface area contributed by atoms with Gasteiger partial charge < -0.3 is 15.2 Å². The summed E-state index contributed by atoms with van der Waals surface area (Å²) in [4.78, 5) is 17.4. The molecule has 0 saturated heterocycles. The van der Waals surface area contributed by atoms with Gasteiger partial charge in [-0.1, -0.05) is 44.5 Å². The lowest BCUT2D eigenvalue weighted by molar-refractivity contribution is -0.144. The van der Waals surface area contributed by atoms with Crippen molar-refractivity contribution >= 4 is 23.3 Å². The number of pyridine rings is 1. The quantitative estimate of drug-likeness (QED) is 0.269. The lowest BCUT2D eigenvalue weighted by Crippen LogP contribution is -2.53. The highest BCUT2D eigenvalue weighted by molar-refractivity contribution is 6.30. The molecule has 3 aliphatic rings. The first kappa shape index (κ1) is 29.9. The van der Waals surface area contributed by atoms with Crippen molar-refractivity contribution in [2.24, 2.45) is 11.8 Å². The number of anilines is 1. The molecule has 0 aliphatic heterocycles. The first-order valence-electron chi connectivity index (χ1n) is 15.8. The van der Waals surface area contributed by atoms with Gasteiger partial charge >= 0.3 is 5.97 Å². The number of carboxylic acid groups (broad SMARTS) is 1. The maximum absolute atomic E-state index is 14.4. The number of nitrogens with zero attached hydrogens (tertiary/aromatic N) is 1. The molecule has 1 heterocycles. The smallest absolute Gasteiger partial charge is 0.329 e. The van der Waals surface area contributed by atoms with Crippen LogP contribution in [-0.2, 0) is 16.6 Å². The van der Waals surface area contributed by atoms with Gasteiger partial charge in [-0.25, -0.2) is 9.18 Å². The average molecular weight is 605 g/mol. The van der Waals surface area contributed by atoms with Crippen molar-refractivity contribution in [3.8, 4) is 5.75 Å². The molecule has 2 N–H and O–H groups in total. The summed E-state index contributed by atoms with van der Waals surface area (Å²) in [6.45, 7) is 7.35. The van der Waals surface area contributed by atoms with Gasteiger partial charge in [-0.15, -0.1) is 0 Å². The van der Waals surface area contributed by atoms with Crippen LogP contribution in [0.2, 0.25) is 5.02 Å². The molecule has 0 bridgehead atoms. The summed E-state index contributed by atoms with van der Waals surface area (Å²) >= 11 is 6.20.